The normalized spacial score (nSPS) is 20.1. The van der Waals surface area contributed by atoms with E-state index in [2.05, 4.69) is 76.6 Å². The topological polar surface area (TPSA) is 93.9 Å². The van der Waals surface area contributed by atoms with Gasteiger partial charge in [-0.05, 0) is 37.4 Å². The van der Waals surface area contributed by atoms with Gasteiger partial charge in [0, 0.05) is 54.3 Å². The number of nitrogens with one attached hydrogen (secondary N) is 3. The highest BCUT2D eigenvalue weighted by molar-refractivity contribution is 8.00. The van der Waals surface area contributed by atoms with Crippen LogP contribution in [0.25, 0.3) is 0 Å². The van der Waals surface area contributed by atoms with Gasteiger partial charge in [-0.3, -0.25) is 5.73 Å². The molecule has 9 heteroatoms. The van der Waals surface area contributed by atoms with Gasteiger partial charge in [-0.15, -0.1) is 11.8 Å². The summed E-state index contributed by atoms with van der Waals surface area (Å²) >= 11 is 1.81. The standard InChI is InChI=1S/C27H35N7OS/c1-18(2)36-24-8-6-5-7-21(24)30-26-25-22(11-12-29-25)31-27(28,32-26)20-10-9-19(17-23(20)35-4)34-15-13-33(3)14-16-34/h5-12,17-18,29,31H,13-16,28H2,1-4H3,(H,30,32). The zero-order chi connectivity index (χ0) is 25.3. The lowest BCUT2D eigenvalue weighted by atomic mass is 10.0. The number of rotatable bonds is 6. The van der Waals surface area contributed by atoms with Crippen molar-refractivity contribution in [2.75, 3.05) is 55.9 Å². The van der Waals surface area contributed by atoms with Gasteiger partial charge in [-0.2, -0.15) is 0 Å². The quantitative estimate of drug-likeness (QED) is 0.371. The van der Waals surface area contributed by atoms with Crippen LogP contribution in [-0.4, -0.2) is 61.3 Å². The molecule has 5 N–H and O–H groups in total. The van der Waals surface area contributed by atoms with Crippen molar-refractivity contribution in [1.82, 2.24) is 9.88 Å². The highest BCUT2D eigenvalue weighted by Gasteiger charge is 2.36. The number of likely N-dealkylation sites (N-methyl/N-ethyl adjacent to an activating group) is 1. The number of hydrogen-bond acceptors (Lipinski definition) is 8. The zero-order valence-corrected chi connectivity index (χ0v) is 22.2. The van der Waals surface area contributed by atoms with Crippen molar-refractivity contribution in [2.45, 2.75) is 29.8 Å². The number of methoxy groups -OCH3 is 1. The molecule has 2 aromatic carbocycles. The van der Waals surface area contributed by atoms with E-state index in [0.29, 0.717) is 16.8 Å². The molecule has 0 bridgehead atoms. The summed E-state index contributed by atoms with van der Waals surface area (Å²) in [5.74, 6) is 0.182. The summed E-state index contributed by atoms with van der Waals surface area (Å²) in [5, 5.41) is 7.44. The van der Waals surface area contributed by atoms with E-state index >= 15 is 0 Å². The maximum Gasteiger partial charge on any atom is 0.215 e. The van der Waals surface area contributed by atoms with E-state index < -0.39 is 5.79 Å². The number of amidine groups is 1. The molecule has 2 aliphatic heterocycles. The van der Waals surface area contributed by atoms with Crippen molar-refractivity contribution >= 4 is 34.7 Å². The molecule has 3 heterocycles. The van der Waals surface area contributed by atoms with Gasteiger partial charge in [0.1, 0.15) is 11.4 Å². The fourth-order valence-electron chi connectivity index (χ4n) is 4.66. The third kappa shape index (κ3) is 4.91. The Labute approximate surface area is 217 Å². The first-order valence-electron chi connectivity index (χ1n) is 12.4. The number of nitrogens with two attached hydrogens (primary N) is 1. The highest BCUT2D eigenvalue weighted by Crippen LogP contribution is 2.38. The first-order chi connectivity index (χ1) is 17.4. The van der Waals surface area contributed by atoms with Crippen molar-refractivity contribution in [3.63, 3.8) is 0 Å². The fourth-order valence-corrected chi connectivity index (χ4v) is 5.57. The molecule has 1 fully saturated rings. The number of nitrogens with zero attached hydrogens (tertiary/aromatic N) is 3. The van der Waals surface area contributed by atoms with Crippen LogP contribution in [0.3, 0.4) is 0 Å². The number of para-hydroxylation sites is 1. The summed E-state index contributed by atoms with van der Waals surface area (Å²) in [6.07, 6.45) is 1.89. The van der Waals surface area contributed by atoms with E-state index in [1.807, 2.05) is 36.2 Å². The minimum absolute atomic E-state index is 0.459. The lowest BCUT2D eigenvalue weighted by Crippen LogP contribution is -2.47. The van der Waals surface area contributed by atoms with Crippen molar-refractivity contribution < 1.29 is 4.74 Å². The van der Waals surface area contributed by atoms with Crippen LogP contribution in [0.4, 0.5) is 17.1 Å². The third-order valence-corrected chi connectivity index (χ3v) is 7.65. The Morgan fingerprint density at radius 2 is 1.89 bits per heavy atom. The predicted molar refractivity (Wildman–Crippen MR) is 151 cm³/mol. The van der Waals surface area contributed by atoms with Crippen LogP contribution >= 0.6 is 11.8 Å². The van der Waals surface area contributed by atoms with Gasteiger partial charge < -0.3 is 30.2 Å². The minimum Gasteiger partial charge on any atom is -0.496 e. The van der Waals surface area contributed by atoms with Crippen molar-refractivity contribution in [2.24, 2.45) is 10.7 Å². The number of aromatic amines is 1. The van der Waals surface area contributed by atoms with Crippen molar-refractivity contribution in [3.05, 3.63) is 66.0 Å². The number of piperazine rings is 1. The van der Waals surface area contributed by atoms with Gasteiger partial charge in [-0.1, -0.05) is 26.0 Å². The van der Waals surface area contributed by atoms with Crippen molar-refractivity contribution in [3.8, 4) is 5.75 Å². The Bertz CT molecular complexity index is 1250. The van der Waals surface area contributed by atoms with E-state index in [4.69, 9.17) is 15.5 Å². The fraction of sp³-hybridized carbons (Fsp3) is 0.370. The molecule has 190 valence electrons. The smallest absolute Gasteiger partial charge is 0.215 e. The van der Waals surface area contributed by atoms with Gasteiger partial charge in [-0.25, -0.2) is 4.99 Å². The number of ether oxygens (including phenoxy) is 1. The second-order valence-electron chi connectivity index (χ2n) is 9.58. The molecule has 8 nitrogen and oxygen atoms in total. The molecule has 5 rings (SSSR count). The molecule has 1 unspecified atom stereocenters. The molecule has 1 aromatic heterocycles. The maximum absolute atomic E-state index is 6.98. The average Bonchev–Trinajstić information content (AvgIpc) is 3.33. The second kappa shape index (κ2) is 10.1. The second-order valence-corrected chi connectivity index (χ2v) is 11.2. The maximum atomic E-state index is 6.98. The number of hydrogen-bond donors (Lipinski definition) is 4. The average molecular weight is 506 g/mol. The van der Waals surface area contributed by atoms with E-state index in [0.717, 1.165) is 54.5 Å². The summed E-state index contributed by atoms with van der Waals surface area (Å²) in [5.41, 5.74) is 11.6. The number of benzene rings is 2. The van der Waals surface area contributed by atoms with Crippen molar-refractivity contribution in [1.29, 1.82) is 0 Å². The lowest BCUT2D eigenvalue weighted by molar-refractivity contribution is 0.312. The minimum atomic E-state index is -1.20. The van der Waals surface area contributed by atoms with Gasteiger partial charge >= 0.3 is 0 Å². The SMILES string of the molecule is COc1cc(N2CCN(C)CC2)ccc1C1(N)N=C(Nc2ccccc2SC(C)C)c2[nH]ccc2N1. The molecule has 1 saturated heterocycles. The molecule has 0 radical (unpaired) electrons. The van der Waals surface area contributed by atoms with E-state index in [9.17, 15) is 0 Å². The summed E-state index contributed by atoms with van der Waals surface area (Å²) < 4.78 is 5.84. The molecule has 3 aromatic rings. The number of thioether (sulfide) groups is 1. The number of H-pyrrole nitrogens is 1. The monoisotopic (exact) mass is 505 g/mol. The Morgan fingerprint density at radius 3 is 2.64 bits per heavy atom. The summed E-state index contributed by atoms with van der Waals surface area (Å²) in [4.78, 5) is 14.2. The van der Waals surface area contributed by atoms with Gasteiger partial charge in [0.15, 0.2) is 5.84 Å². The van der Waals surface area contributed by atoms with E-state index in [1.165, 1.54) is 4.90 Å². The largest absolute Gasteiger partial charge is 0.496 e. The number of anilines is 3. The van der Waals surface area contributed by atoms with Crippen LogP contribution in [0.5, 0.6) is 5.75 Å². The molecular formula is C27H35N7OS. The molecule has 0 spiro atoms. The Balaban J connectivity index is 1.50. The van der Waals surface area contributed by atoms with Crippen LogP contribution in [0.2, 0.25) is 0 Å². The van der Waals surface area contributed by atoms with Crippen LogP contribution in [0.1, 0.15) is 25.1 Å². The number of aliphatic imine (C=N–C) groups is 1. The van der Waals surface area contributed by atoms with Gasteiger partial charge in [0.25, 0.3) is 0 Å². The molecular weight excluding hydrogens is 470 g/mol. The van der Waals surface area contributed by atoms with Gasteiger partial charge in [0.05, 0.1) is 24.0 Å². The third-order valence-electron chi connectivity index (χ3n) is 6.56. The summed E-state index contributed by atoms with van der Waals surface area (Å²) in [6.45, 7) is 8.43. The first kappa shape index (κ1) is 24.5. The molecule has 2 aliphatic rings. The zero-order valence-electron chi connectivity index (χ0n) is 21.3. The number of fused-ring (bicyclic) bond motifs is 1. The number of aromatic nitrogens is 1. The van der Waals surface area contributed by atoms with E-state index in [1.54, 1.807) is 7.11 Å². The Morgan fingerprint density at radius 1 is 1.11 bits per heavy atom. The molecule has 36 heavy (non-hydrogen) atoms. The first-order valence-corrected chi connectivity index (χ1v) is 13.2. The Kier molecular flexibility index (Phi) is 6.87. The predicted octanol–water partition coefficient (Wildman–Crippen LogP) is 4.33. The Hall–Kier alpha value is -3.14. The highest BCUT2D eigenvalue weighted by atomic mass is 32.2. The van der Waals surface area contributed by atoms with E-state index in [-0.39, 0.29) is 0 Å². The lowest BCUT2D eigenvalue weighted by Gasteiger charge is -2.36. The molecule has 0 amide bonds. The summed E-state index contributed by atoms with van der Waals surface area (Å²) in [7, 11) is 3.84. The van der Waals surface area contributed by atoms with Crippen LogP contribution in [-0.2, 0) is 5.79 Å². The summed E-state index contributed by atoms with van der Waals surface area (Å²) in [6, 6.07) is 16.5. The molecule has 0 saturated carbocycles. The van der Waals surface area contributed by atoms with Crippen LogP contribution in [0, 0.1) is 0 Å². The van der Waals surface area contributed by atoms with Crippen LogP contribution < -0.4 is 26.0 Å². The molecule has 1 atom stereocenters. The van der Waals surface area contributed by atoms with Crippen LogP contribution in [0.15, 0.2) is 64.6 Å². The van der Waals surface area contributed by atoms with Gasteiger partial charge in [0.2, 0.25) is 5.79 Å². The molecule has 0 aliphatic carbocycles.